The number of anilines is 1. The standard InChI is InChI=1S/C31H34Cl2F3N3O4S/c1-5-21(4)37-30(41)28(6-2)38(18-22-9-7-8-10-26(22)32)29(40)19-39(44(42,43)24-14-11-20(3)12-15-24)23-13-16-27(33)25(17-23)31(34,35)36/h7-17,21,28H,5-6,18-19H2,1-4H3,(H,37,41). The van der Waals surface area contributed by atoms with E-state index < -0.39 is 56.9 Å². The molecule has 2 atom stereocenters. The summed E-state index contributed by atoms with van der Waals surface area (Å²) < 4.78 is 70.0. The minimum Gasteiger partial charge on any atom is -0.352 e. The highest BCUT2D eigenvalue weighted by atomic mass is 35.5. The van der Waals surface area contributed by atoms with Crippen LogP contribution in [0.3, 0.4) is 0 Å². The van der Waals surface area contributed by atoms with Gasteiger partial charge in [-0.3, -0.25) is 13.9 Å². The number of sulfonamides is 1. The first-order chi connectivity index (χ1) is 20.6. The van der Waals surface area contributed by atoms with Gasteiger partial charge in [0, 0.05) is 17.6 Å². The number of halogens is 5. The summed E-state index contributed by atoms with van der Waals surface area (Å²) in [5.41, 5.74) is -0.441. The average Bonchev–Trinajstić information content (AvgIpc) is 2.96. The fourth-order valence-electron chi connectivity index (χ4n) is 4.42. The van der Waals surface area contributed by atoms with Crippen LogP contribution in [0.1, 0.15) is 50.3 Å². The number of benzene rings is 3. The van der Waals surface area contributed by atoms with E-state index in [1.165, 1.54) is 29.2 Å². The zero-order chi connectivity index (χ0) is 32.8. The molecular weight excluding hydrogens is 638 g/mol. The highest BCUT2D eigenvalue weighted by Gasteiger charge is 2.37. The van der Waals surface area contributed by atoms with Crippen molar-refractivity contribution in [1.82, 2.24) is 10.2 Å². The van der Waals surface area contributed by atoms with Gasteiger partial charge in [-0.15, -0.1) is 0 Å². The predicted molar refractivity (Wildman–Crippen MR) is 166 cm³/mol. The van der Waals surface area contributed by atoms with Gasteiger partial charge in [-0.2, -0.15) is 13.2 Å². The van der Waals surface area contributed by atoms with Crippen molar-refractivity contribution in [1.29, 1.82) is 0 Å². The lowest BCUT2D eigenvalue weighted by atomic mass is 10.1. The Hall–Kier alpha value is -3.28. The maximum absolute atomic E-state index is 14.1. The van der Waals surface area contributed by atoms with Crippen LogP contribution in [0, 0.1) is 6.92 Å². The number of amides is 2. The minimum atomic E-state index is -4.89. The van der Waals surface area contributed by atoms with Gasteiger partial charge in [0.15, 0.2) is 0 Å². The molecular formula is C31H34Cl2F3N3O4S. The largest absolute Gasteiger partial charge is 0.417 e. The van der Waals surface area contributed by atoms with E-state index in [-0.39, 0.29) is 23.9 Å². The van der Waals surface area contributed by atoms with Gasteiger partial charge in [-0.05, 0) is 68.7 Å². The van der Waals surface area contributed by atoms with Gasteiger partial charge in [-0.25, -0.2) is 8.42 Å². The molecule has 0 radical (unpaired) electrons. The first kappa shape index (κ1) is 35.2. The van der Waals surface area contributed by atoms with Gasteiger partial charge in [-0.1, -0.05) is 72.9 Å². The van der Waals surface area contributed by atoms with Crippen molar-refractivity contribution < 1.29 is 31.2 Å². The van der Waals surface area contributed by atoms with Crippen molar-refractivity contribution in [2.75, 3.05) is 10.8 Å². The van der Waals surface area contributed by atoms with Gasteiger partial charge in [0.1, 0.15) is 12.6 Å². The molecule has 0 aliphatic carbocycles. The monoisotopic (exact) mass is 671 g/mol. The second-order valence-electron chi connectivity index (χ2n) is 10.3. The zero-order valence-corrected chi connectivity index (χ0v) is 27.0. The van der Waals surface area contributed by atoms with Crippen LogP contribution in [0.15, 0.2) is 71.6 Å². The van der Waals surface area contributed by atoms with Gasteiger partial charge in [0.05, 0.1) is 21.2 Å². The first-order valence-electron chi connectivity index (χ1n) is 13.9. The fourth-order valence-corrected chi connectivity index (χ4v) is 6.25. The predicted octanol–water partition coefficient (Wildman–Crippen LogP) is 7.24. The third-order valence-electron chi connectivity index (χ3n) is 7.12. The molecule has 1 N–H and O–H groups in total. The summed E-state index contributed by atoms with van der Waals surface area (Å²) in [6.45, 7) is 6.06. The van der Waals surface area contributed by atoms with Crippen LogP contribution in [-0.4, -0.2) is 43.8 Å². The highest BCUT2D eigenvalue weighted by Crippen LogP contribution is 2.38. The third kappa shape index (κ3) is 8.46. The lowest BCUT2D eigenvalue weighted by Gasteiger charge is -2.34. The van der Waals surface area contributed by atoms with Gasteiger partial charge >= 0.3 is 6.18 Å². The Kier molecular flexibility index (Phi) is 11.7. The van der Waals surface area contributed by atoms with Crippen molar-refractivity contribution in [3.05, 3.63) is 93.5 Å². The molecule has 3 aromatic rings. The number of carbonyl (C=O) groups is 2. The molecule has 0 saturated heterocycles. The molecule has 0 saturated carbocycles. The lowest BCUT2D eigenvalue weighted by molar-refractivity contribution is -0.140. The van der Waals surface area contributed by atoms with E-state index in [0.717, 1.165) is 17.7 Å². The van der Waals surface area contributed by atoms with Crippen molar-refractivity contribution in [2.45, 2.75) is 70.2 Å². The number of hydrogen-bond donors (Lipinski definition) is 1. The van der Waals surface area contributed by atoms with Crippen molar-refractivity contribution in [3.63, 3.8) is 0 Å². The van der Waals surface area contributed by atoms with Crippen LogP contribution < -0.4 is 9.62 Å². The van der Waals surface area contributed by atoms with E-state index in [4.69, 9.17) is 23.2 Å². The smallest absolute Gasteiger partial charge is 0.352 e. The van der Waals surface area contributed by atoms with Crippen LogP contribution in [-0.2, 0) is 32.3 Å². The maximum atomic E-state index is 14.1. The van der Waals surface area contributed by atoms with E-state index >= 15 is 0 Å². The van der Waals surface area contributed by atoms with E-state index in [1.54, 1.807) is 45.0 Å². The Bertz CT molecular complexity index is 1580. The SMILES string of the molecule is CCC(C)NC(=O)C(CC)N(Cc1ccccc1Cl)C(=O)CN(c1ccc(Cl)c(C(F)(F)F)c1)S(=O)(=O)c1ccc(C)cc1. The van der Waals surface area contributed by atoms with Gasteiger partial charge < -0.3 is 10.2 Å². The average molecular weight is 673 g/mol. The van der Waals surface area contributed by atoms with E-state index in [1.807, 2.05) is 6.92 Å². The van der Waals surface area contributed by atoms with E-state index in [0.29, 0.717) is 27.4 Å². The Morgan fingerprint density at radius 3 is 2.14 bits per heavy atom. The number of aryl methyl sites for hydroxylation is 1. The van der Waals surface area contributed by atoms with Gasteiger partial charge in [0.2, 0.25) is 11.8 Å². The van der Waals surface area contributed by atoms with Crippen molar-refractivity contribution >= 4 is 50.7 Å². The second-order valence-corrected chi connectivity index (χ2v) is 13.0. The molecule has 0 bridgehead atoms. The van der Waals surface area contributed by atoms with Crippen LogP contribution in [0.5, 0.6) is 0 Å². The summed E-state index contributed by atoms with van der Waals surface area (Å²) in [6, 6.07) is 13.7. The maximum Gasteiger partial charge on any atom is 0.417 e. The molecule has 0 aliphatic heterocycles. The quantitative estimate of drug-likeness (QED) is 0.220. The minimum absolute atomic E-state index is 0.155. The summed E-state index contributed by atoms with van der Waals surface area (Å²) in [6.07, 6.45) is -4.10. The number of alkyl halides is 3. The molecule has 2 amide bonds. The number of hydrogen-bond acceptors (Lipinski definition) is 4. The molecule has 0 fully saturated rings. The number of nitrogens with zero attached hydrogens (tertiary/aromatic N) is 2. The molecule has 3 rings (SSSR count). The molecule has 238 valence electrons. The van der Waals surface area contributed by atoms with Crippen LogP contribution in [0.25, 0.3) is 0 Å². The summed E-state index contributed by atoms with van der Waals surface area (Å²) in [7, 11) is -4.58. The summed E-state index contributed by atoms with van der Waals surface area (Å²) >= 11 is 12.2. The molecule has 7 nitrogen and oxygen atoms in total. The summed E-state index contributed by atoms with van der Waals surface area (Å²) in [5, 5.41) is 2.54. The molecule has 0 spiro atoms. The highest BCUT2D eigenvalue weighted by molar-refractivity contribution is 7.92. The summed E-state index contributed by atoms with van der Waals surface area (Å²) in [5.74, 6) is -1.28. The molecule has 0 aromatic heterocycles. The molecule has 0 aliphatic rings. The lowest BCUT2D eigenvalue weighted by Crippen LogP contribution is -2.53. The number of rotatable bonds is 12. The molecule has 3 aromatic carbocycles. The third-order valence-corrected chi connectivity index (χ3v) is 9.60. The number of nitrogens with one attached hydrogen (secondary N) is 1. The van der Waals surface area contributed by atoms with Gasteiger partial charge in [0.25, 0.3) is 10.0 Å². The Morgan fingerprint density at radius 2 is 1.57 bits per heavy atom. The second kappa shape index (κ2) is 14.7. The Labute approximate surface area is 266 Å². The Morgan fingerprint density at radius 1 is 0.932 bits per heavy atom. The first-order valence-corrected chi connectivity index (χ1v) is 16.1. The molecule has 44 heavy (non-hydrogen) atoms. The molecule has 13 heteroatoms. The fraction of sp³-hybridized carbons (Fsp3) is 0.355. The summed E-state index contributed by atoms with van der Waals surface area (Å²) in [4.78, 5) is 28.5. The van der Waals surface area contributed by atoms with Crippen molar-refractivity contribution in [2.24, 2.45) is 0 Å². The van der Waals surface area contributed by atoms with Crippen LogP contribution in [0.2, 0.25) is 10.0 Å². The normalized spacial score (nSPS) is 13.2. The van der Waals surface area contributed by atoms with E-state index in [9.17, 15) is 31.2 Å². The van der Waals surface area contributed by atoms with Crippen molar-refractivity contribution in [3.8, 4) is 0 Å². The molecule has 0 heterocycles. The zero-order valence-electron chi connectivity index (χ0n) is 24.7. The number of carbonyl (C=O) groups excluding carboxylic acids is 2. The van der Waals surface area contributed by atoms with E-state index in [2.05, 4.69) is 5.32 Å². The topological polar surface area (TPSA) is 86.8 Å². The van der Waals surface area contributed by atoms with Crippen LogP contribution >= 0.6 is 23.2 Å². The van der Waals surface area contributed by atoms with Crippen LogP contribution in [0.4, 0.5) is 18.9 Å². The molecule has 2 unspecified atom stereocenters. The Balaban J connectivity index is 2.16.